The van der Waals surface area contributed by atoms with Crippen LogP contribution in [0.2, 0.25) is 0 Å². The maximum absolute atomic E-state index is 14.2. The van der Waals surface area contributed by atoms with E-state index in [1.807, 2.05) is 18.2 Å². The van der Waals surface area contributed by atoms with Gasteiger partial charge in [0.25, 0.3) is 5.56 Å². The zero-order valence-electron chi connectivity index (χ0n) is 15.8. The molecule has 0 amide bonds. The molecule has 1 fully saturated rings. The minimum Gasteiger partial charge on any atom is -0.369 e. The van der Waals surface area contributed by atoms with Crippen molar-refractivity contribution in [2.45, 2.75) is 13.0 Å². The molecule has 3 aromatic rings. The molecule has 0 radical (unpaired) electrons. The topological polar surface area (TPSA) is 41.4 Å². The first-order valence-corrected chi connectivity index (χ1v) is 9.16. The highest BCUT2D eigenvalue weighted by Crippen LogP contribution is 2.25. The molecule has 0 N–H and O–H groups in total. The van der Waals surface area contributed by atoms with Crippen molar-refractivity contribution in [1.82, 2.24) is 14.5 Å². The first kappa shape index (κ1) is 17.7. The summed E-state index contributed by atoms with van der Waals surface area (Å²) in [5.41, 5.74) is 1.78. The fourth-order valence-corrected chi connectivity index (χ4v) is 3.62. The molecule has 6 heteroatoms. The zero-order chi connectivity index (χ0) is 19.1. The Bertz CT molecular complexity index is 1060. The minimum atomic E-state index is -0.387. The highest BCUT2D eigenvalue weighted by Gasteiger charge is 2.21. The van der Waals surface area contributed by atoms with Gasteiger partial charge in [0, 0.05) is 38.4 Å². The molecular formula is C21H23FN4O. The Balaban J connectivity index is 1.80. The summed E-state index contributed by atoms with van der Waals surface area (Å²) in [5, 5.41) is 0.557. The number of piperazine rings is 1. The largest absolute Gasteiger partial charge is 0.369 e. The van der Waals surface area contributed by atoms with Crippen molar-refractivity contribution in [2.75, 3.05) is 31.6 Å². The van der Waals surface area contributed by atoms with Crippen molar-refractivity contribution in [3.8, 4) is 11.4 Å². The number of anilines is 1. The van der Waals surface area contributed by atoms with E-state index in [2.05, 4.69) is 28.8 Å². The molecule has 27 heavy (non-hydrogen) atoms. The van der Waals surface area contributed by atoms with E-state index in [4.69, 9.17) is 0 Å². The van der Waals surface area contributed by atoms with Gasteiger partial charge in [-0.2, -0.15) is 0 Å². The molecule has 2 heterocycles. The number of aromatic nitrogens is 2. The molecule has 1 saturated heterocycles. The van der Waals surface area contributed by atoms with E-state index >= 15 is 0 Å². The van der Waals surface area contributed by atoms with Crippen LogP contribution >= 0.6 is 0 Å². The van der Waals surface area contributed by atoms with E-state index in [9.17, 15) is 9.18 Å². The average molecular weight is 366 g/mol. The molecule has 1 atom stereocenters. The lowest BCUT2D eigenvalue weighted by Gasteiger charge is -2.39. The lowest BCUT2D eigenvalue weighted by Crippen LogP contribution is -2.50. The van der Waals surface area contributed by atoms with Gasteiger partial charge in [-0.25, -0.2) is 9.37 Å². The number of hydrogen-bond donors (Lipinski definition) is 0. The second-order valence-electron chi connectivity index (χ2n) is 7.26. The Morgan fingerprint density at radius 2 is 1.89 bits per heavy atom. The van der Waals surface area contributed by atoms with E-state index in [0.717, 1.165) is 25.3 Å². The number of fused-ring (bicyclic) bond motifs is 1. The summed E-state index contributed by atoms with van der Waals surface area (Å²) in [7, 11) is 3.77. The van der Waals surface area contributed by atoms with Crippen LogP contribution in [0.3, 0.4) is 0 Å². The van der Waals surface area contributed by atoms with Gasteiger partial charge in [-0.3, -0.25) is 9.36 Å². The van der Waals surface area contributed by atoms with Gasteiger partial charge in [0.05, 0.1) is 16.5 Å². The Labute approximate surface area is 157 Å². The van der Waals surface area contributed by atoms with Crippen molar-refractivity contribution in [3.63, 3.8) is 0 Å². The molecule has 4 rings (SSSR count). The predicted molar refractivity (Wildman–Crippen MR) is 107 cm³/mol. The molecule has 2 aromatic carbocycles. The van der Waals surface area contributed by atoms with Crippen LogP contribution < -0.4 is 10.5 Å². The molecule has 0 bridgehead atoms. The van der Waals surface area contributed by atoms with Crippen molar-refractivity contribution < 1.29 is 4.39 Å². The Morgan fingerprint density at radius 1 is 1.11 bits per heavy atom. The Hall–Kier alpha value is -2.73. The van der Waals surface area contributed by atoms with E-state index < -0.39 is 0 Å². The molecular weight excluding hydrogens is 343 g/mol. The van der Waals surface area contributed by atoms with Crippen molar-refractivity contribution >= 4 is 16.6 Å². The van der Waals surface area contributed by atoms with Crippen molar-refractivity contribution in [3.05, 3.63) is 58.6 Å². The van der Waals surface area contributed by atoms with Crippen LogP contribution in [0.25, 0.3) is 22.3 Å². The predicted octanol–water partition coefficient (Wildman–Crippen LogP) is 2.88. The van der Waals surface area contributed by atoms with Crippen LogP contribution in [0.15, 0.2) is 47.3 Å². The van der Waals surface area contributed by atoms with E-state index in [-0.39, 0.29) is 11.4 Å². The molecule has 0 spiro atoms. The van der Waals surface area contributed by atoms with Gasteiger partial charge in [0.2, 0.25) is 0 Å². The third-order valence-electron chi connectivity index (χ3n) is 5.50. The van der Waals surface area contributed by atoms with Gasteiger partial charge >= 0.3 is 0 Å². The summed E-state index contributed by atoms with van der Waals surface area (Å²) in [6.45, 7) is 5.03. The van der Waals surface area contributed by atoms with E-state index in [0.29, 0.717) is 28.3 Å². The normalized spacial score (nSPS) is 18.2. The lowest BCUT2D eigenvalue weighted by molar-refractivity contribution is 0.234. The minimum absolute atomic E-state index is 0.165. The smallest absolute Gasteiger partial charge is 0.261 e. The molecule has 1 aliphatic heterocycles. The zero-order valence-corrected chi connectivity index (χ0v) is 15.8. The van der Waals surface area contributed by atoms with Gasteiger partial charge in [-0.15, -0.1) is 0 Å². The summed E-state index contributed by atoms with van der Waals surface area (Å²) in [6, 6.07) is 12.6. The van der Waals surface area contributed by atoms with E-state index in [1.54, 1.807) is 25.2 Å². The summed E-state index contributed by atoms with van der Waals surface area (Å²) >= 11 is 0. The van der Waals surface area contributed by atoms with Crippen molar-refractivity contribution in [2.24, 2.45) is 7.05 Å². The number of benzene rings is 2. The molecule has 0 aliphatic carbocycles. The van der Waals surface area contributed by atoms with Crippen LogP contribution in [-0.4, -0.2) is 47.2 Å². The maximum atomic E-state index is 14.2. The van der Waals surface area contributed by atoms with Gasteiger partial charge in [0.1, 0.15) is 11.6 Å². The number of nitrogens with zero attached hydrogens (tertiary/aromatic N) is 4. The molecule has 0 saturated carbocycles. The first-order valence-electron chi connectivity index (χ1n) is 9.16. The first-order chi connectivity index (χ1) is 13.0. The van der Waals surface area contributed by atoms with Crippen LogP contribution in [0.1, 0.15) is 6.92 Å². The average Bonchev–Trinajstić information content (AvgIpc) is 2.67. The second-order valence-corrected chi connectivity index (χ2v) is 7.26. The second kappa shape index (κ2) is 6.78. The number of rotatable bonds is 2. The van der Waals surface area contributed by atoms with Gasteiger partial charge < -0.3 is 9.80 Å². The fraction of sp³-hybridized carbons (Fsp3) is 0.333. The standard InChI is InChI=1S/C21H23FN4O/c1-14-13-26(11-10-24(14)2)15-8-9-19-17(12-15)21(27)25(3)20(23-19)16-6-4-5-7-18(16)22/h4-9,12,14H,10-11,13H2,1-3H3. The third-order valence-corrected chi connectivity index (χ3v) is 5.50. The third kappa shape index (κ3) is 3.10. The van der Waals surface area contributed by atoms with Gasteiger partial charge in [-0.1, -0.05) is 12.1 Å². The lowest BCUT2D eigenvalue weighted by atomic mass is 10.1. The fourth-order valence-electron chi connectivity index (χ4n) is 3.62. The van der Waals surface area contributed by atoms with E-state index in [1.165, 1.54) is 10.6 Å². The van der Waals surface area contributed by atoms with Gasteiger partial charge in [-0.05, 0) is 44.3 Å². The SMILES string of the molecule is CC1CN(c2ccc3nc(-c4ccccc4F)n(C)c(=O)c3c2)CCN1C. The Morgan fingerprint density at radius 3 is 2.63 bits per heavy atom. The summed E-state index contributed by atoms with van der Waals surface area (Å²) in [5.74, 6) is -0.0473. The number of halogens is 1. The van der Waals surface area contributed by atoms with Crippen LogP contribution in [0.4, 0.5) is 10.1 Å². The molecule has 5 nitrogen and oxygen atoms in total. The van der Waals surface area contributed by atoms with Crippen LogP contribution in [-0.2, 0) is 7.05 Å². The molecule has 1 unspecified atom stereocenters. The summed E-state index contributed by atoms with van der Waals surface area (Å²) in [6.07, 6.45) is 0. The van der Waals surface area contributed by atoms with Crippen LogP contribution in [0.5, 0.6) is 0 Å². The summed E-state index contributed by atoms with van der Waals surface area (Å²) in [4.78, 5) is 22.2. The quantitative estimate of drug-likeness (QED) is 0.699. The monoisotopic (exact) mass is 366 g/mol. The van der Waals surface area contributed by atoms with Crippen molar-refractivity contribution in [1.29, 1.82) is 0 Å². The summed E-state index contributed by atoms with van der Waals surface area (Å²) < 4.78 is 15.6. The highest BCUT2D eigenvalue weighted by molar-refractivity contribution is 5.83. The Kier molecular flexibility index (Phi) is 4.44. The number of hydrogen-bond acceptors (Lipinski definition) is 4. The van der Waals surface area contributed by atoms with Gasteiger partial charge in [0.15, 0.2) is 0 Å². The molecule has 140 valence electrons. The maximum Gasteiger partial charge on any atom is 0.261 e. The number of likely N-dealkylation sites (N-methyl/N-ethyl adjacent to an activating group) is 1. The van der Waals surface area contributed by atoms with Crippen LogP contribution in [0, 0.1) is 5.82 Å². The molecule has 1 aromatic heterocycles. The highest BCUT2D eigenvalue weighted by atomic mass is 19.1. The molecule has 1 aliphatic rings.